The SMILES string of the molecule is O=C(C1CC(F)(F)C1)N1CC(Oc2ccnc(C(F)(F)F)c2)C1. The Hall–Kier alpha value is -1.93. The largest absolute Gasteiger partial charge is 0.487 e. The highest BCUT2D eigenvalue weighted by Gasteiger charge is 2.51. The van der Waals surface area contributed by atoms with Crippen LogP contribution in [0.15, 0.2) is 18.3 Å². The molecule has 1 aromatic heterocycles. The van der Waals surface area contributed by atoms with Gasteiger partial charge in [0.05, 0.1) is 13.1 Å². The maximum atomic E-state index is 12.7. The summed E-state index contributed by atoms with van der Waals surface area (Å²) in [5.74, 6) is -3.75. The van der Waals surface area contributed by atoms with Gasteiger partial charge in [-0.15, -0.1) is 0 Å². The van der Waals surface area contributed by atoms with Gasteiger partial charge in [0.25, 0.3) is 0 Å². The normalized spacial score (nSPS) is 21.5. The highest BCUT2D eigenvalue weighted by molar-refractivity contribution is 5.81. The fraction of sp³-hybridized carbons (Fsp3) is 0.571. The van der Waals surface area contributed by atoms with E-state index in [-0.39, 0.29) is 24.7 Å². The van der Waals surface area contributed by atoms with Gasteiger partial charge in [-0.2, -0.15) is 13.2 Å². The summed E-state index contributed by atoms with van der Waals surface area (Å²) < 4.78 is 68.4. The molecule has 2 heterocycles. The van der Waals surface area contributed by atoms with E-state index in [9.17, 15) is 26.7 Å². The Morgan fingerprint density at radius 2 is 1.96 bits per heavy atom. The summed E-state index contributed by atoms with van der Waals surface area (Å²) in [5, 5.41) is 0. The van der Waals surface area contributed by atoms with Gasteiger partial charge in [0.2, 0.25) is 11.8 Å². The number of amides is 1. The quantitative estimate of drug-likeness (QED) is 0.797. The van der Waals surface area contributed by atoms with Crippen LogP contribution in [0.2, 0.25) is 0 Å². The second kappa shape index (κ2) is 5.31. The minimum atomic E-state index is -4.56. The standard InChI is InChI=1S/C14H13F5N2O2/c15-13(16)4-8(5-13)12(22)21-6-10(7-21)23-9-1-2-20-11(3-9)14(17,18)19/h1-3,8,10H,4-7H2. The summed E-state index contributed by atoms with van der Waals surface area (Å²) in [6.45, 7) is 0.370. The lowest BCUT2D eigenvalue weighted by molar-refractivity contribution is -0.167. The second-order valence-electron chi connectivity index (χ2n) is 5.82. The Kier molecular flexibility index (Phi) is 3.68. The third-order valence-corrected chi connectivity index (χ3v) is 3.92. The van der Waals surface area contributed by atoms with E-state index in [1.165, 1.54) is 11.0 Å². The number of carbonyl (C=O) groups excluding carboxylic acids is 1. The van der Waals surface area contributed by atoms with Gasteiger partial charge in [0.1, 0.15) is 17.5 Å². The van der Waals surface area contributed by atoms with Crippen LogP contribution < -0.4 is 4.74 Å². The molecule has 0 N–H and O–H groups in total. The topological polar surface area (TPSA) is 42.4 Å². The van der Waals surface area contributed by atoms with Crippen molar-refractivity contribution in [3.8, 4) is 5.75 Å². The highest BCUT2D eigenvalue weighted by atomic mass is 19.4. The number of aromatic nitrogens is 1. The minimum Gasteiger partial charge on any atom is -0.487 e. The molecular formula is C14H13F5N2O2. The van der Waals surface area contributed by atoms with Crippen molar-refractivity contribution in [2.24, 2.45) is 5.92 Å². The molecule has 1 aliphatic heterocycles. The zero-order valence-corrected chi connectivity index (χ0v) is 11.8. The molecule has 0 unspecified atom stereocenters. The summed E-state index contributed by atoms with van der Waals surface area (Å²) in [4.78, 5) is 16.5. The number of halogens is 5. The van der Waals surface area contributed by atoms with Crippen LogP contribution in [-0.4, -0.2) is 40.9 Å². The number of rotatable bonds is 3. The van der Waals surface area contributed by atoms with Crippen molar-refractivity contribution in [2.75, 3.05) is 13.1 Å². The number of alkyl halides is 5. The van der Waals surface area contributed by atoms with Crippen LogP contribution in [0, 0.1) is 5.92 Å². The van der Waals surface area contributed by atoms with Crippen molar-refractivity contribution in [2.45, 2.75) is 31.0 Å². The molecule has 1 aromatic rings. The fourth-order valence-corrected chi connectivity index (χ4v) is 2.62. The molecule has 0 atom stereocenters. The average Bonchev–Trinajstić information content (AvgIpc) is 2.38. The van der Waals surface area contributed by atoms with E-state index in [1.807, 2.05) is 0 Å². The molecule has 2 aliphatic rings. The summed E-state index contributed by atoms with van der Waals surface area (Å²) in [6.07, 6.45) is -4.88. The van der Waals surface area contributed by atoms with E-state index in [2.05, 4.69) is 4.98 Å². The van der Waals surface area contributed by atoms with E-state index >= 15 is 0 Å². The van der Waals surface area contributed by atoms with Gasteiger partial charge in [-0.1, -0.05) is 0 Å². The molecule has 0 aromatic carbocycles. The van der Waals surface area contributed by atoms with Crippen LogP contribution in [0.5, 0.6) is 5.75 Å². The molecule has 2 fully saturated rings. The number of pyridine rings is 1. The van der Waals surface area contributed by atoms with Crippen LogP contribution in [0.25, 0.3) is 0 Å². The average molecular weight is 336 g/mol. The Balaban J connectivity index is 1.50. The van der Waals surface area contributed by atoms with Gasteiger partial charge in [0.15, 0.2) is 0 Å². The second-order valence-corrected chi connectivity index (χ2v) is 5.82. The van der Waals surface area contributed by atoms with Gasteiger partial charge in [-0.25, -0.2) is 8.78 Å². The van der Waals surface area contributed by atoms with Crippen molar-refractivity contribution in [1.29, 1.82) is 0 Å². The zero-order chi connectivity index (χ0) is 16.8. The van der Waals surface area contributed by atoms with Gasteiger partial charge < -0.3 is 9.64 Å². The lowest BCUT2D eigenvalue weighted by Crippen LogP contribution is -2.59. The van der Waals surface area contributed by atoms with E-state index < -0.39 is 42.7 Å². The number of hydrogen-bond donors (Lipinski definition) is 0. The molecule has 1 aliphatic carbocycles. The van der Waals surface area contributed by atoms with E-state index in [1.54, 1.807) is 0 Å². The Labute approximate surface area is 128 Å². The molecule has 1 amide bonds. The highest BCUT2D eigenvalue weighted by Crippen LogP contribution is 2.43. The van der Waals surface area contributed by atoms with Crippen LogP contribution in [0.1, 0.15) is 18.5 Å². The molecule has 3 rings (SSSR count). The molecule has 1 saturated heterocycles. The minimum absolute atomic E-state index is 0.0135. The third-order valence-electron chi connectivity index (χ3n) is 3.92. The number of nitrogens with zero attached hydrogens (tertiary/aromatic N) is 2. The lowest BCUT2D eigenvalue weighted by atomic mass is 9.80. The Bertz CT molecular complexity index is 605. The number of carbonyl (C=O) groups is 1. The van der Waals surface area contributed by atoms with Crippen LogP contribution in [0.3, 0.4) is 0 Å². The first-order chi connectivity index (χ1) is 10.6. The molecule has 23 heavy (non-hydrogen) atoms. The van der Waals surface area contributed by atoms with E-state index in [4.69, 9.17) is 4.74 Å². The van der Waals surface area contributed by atoms with E-state index in [0.717, 1.165) is 12.3 Å². The summed E-state index contributed by atoms with van der Waals surface area (Å²) in [7, 11) is 0. The maximum Gasteiger partial charge on any atom is 0.433 e. The first-order valence-corrected chi connectivity index (χ1v) is 7.00. The molecule has 4 nitrogen and oxygen atoms in total. The van der Waals surface area contributed by atoms with Crippen LogP contribution in [-0.2, 0) is 11.0 Å². The molecular weight excluding hydrogens is 323 g/mol. The van der Waals surface area contributed by atoms with Crippen molar-refractivity contribution in [3.63, 3.8) is 0 Å². The smallest absolute Gasteiger partial charge is 0.433 e. The van der Waals surface area contributed by atoms with Crippen molar-refractivity contribution < 1.29 is 31.5 Å². The summed E-state index contributed by atoms with van der Waals surface area (Å²) in [6, 6.07) is 2.09. The van der Waals surface area contributed by atoms with Crippen LogP contribution in [0.4, 0.5) is 22.0 Å². The monoisotopic (exact) mass is 336 g/mol. The number of ether oxygens (including phenoxy) is 1. The predicted molar refractivity (Wildman–Crippen MR) is 67.9 cm³/mol. The molecule has 1 saturated carbocycles. The molecule has 126 valence electrons. The van der Waals surface area contributed by atoms with Gasteiger partial charge >= 0.3 is 6.18 Å². The maximum absolute atomic E-state index is 12.7. The first kappa shape index (κ1) is 15.9. The van der Waals surface area contributed by atoms with Crippen molar-refractivity contribution >= 4 is 5.91 Å². The lowest BCUT2D eigenvalue weighted by Gasteiger charge is -2.44. The first-order valence-electron chi connectivity index (χ1n) is 7.00. The zero-order valence-electron chi connectivity index (χ0n) is 11.8. The summed E-state index contributed by atoms with van der Waals surface area (Å²) >= 11 is 0. The fourth-order valence-electron chi connectivity index (χ4n) is 2.62. The number of likely N-dealkylation sites (tertiary alicyclic amines) is 1. The molecule has 0 bridgehead atoms. The van der Waals surface area contributed by atoms with E-state index in [0.29, 0.717) is 0 Å². The van der Waals surface area contributed by atoms with Crippen molar-refractivity contribution in [3.05, 3.63) is 24.0 Å². The summed E-state index contributed by atoms with van der Waals surface area (Å²) in [5.41, 5.74) is -1.06. The third kappa shape index (κ3) is 3.37. The molecule has 9 heteroatoms. The Morgan fingerprint density at radius 1 is 1.30 bits per heavy atom. The van der Waals surface area contributed by atoms with Crippen molar-refractivity contribution in [1.82, 2.24) is 9.88 Å². The van der Waals surface area contributed by atoms with Gasteiger partial charge in [-0.05, 0) is 6.07 Å². The molecule has 0 radical (unpaired) electrons. The Morgan fingerprint density at radius 3 is 2.52 bits per heavy atom. The van der Waals surface area contributed by atoms with Gasteiger partial charge in [-0.3, -0.25) is 9.78 Å². The predicted octanol–water partition coefficient (Wildman–Crippen LogP) is 2.74. The number of hydrogen-bond acceptors (Lipinski definition) is 3. The molecule has 0 spiro atoms. The van der Waals surface area contributed by atoms with Gasteiger partial charge in [0, 0.05) is 31.0 Å². The van der Waals surface area contributed by atoms with Crippen LogP contribution >= 0.6 is 0 Å².